The first-order chi connectivity index (χ1) is 11.7. The Morgan fingerprint density at radius 3 is 2.83 bits per heavy atom. The number of ether oxygens (including phenoxy) is 1. The number of aromatic nitrogens is 1. The first-order valence-electron chi connectivity index (χ1n) is 8.14. The van der Waals surface area contributed by atoms with Crippen LogP contribution in [0.3, 0.4) is 0 Å². The molecule has 0 N–H and O–H groups in total. The fourth-order valence-electron chi connectivity index (χ4n) is 3.03. The third kappa shape index (κ3) is 2.74. The number of aryl methyl sites for hydroxylation is 1. The predicted molar refractivity (Wildman–Crippen MR) is 97.7 cm³/mol. The Bertz CT molecular complexity index is 922. The fraction of sp³-hybridized carbons (Fsp3) is 0.200. The Morgan fingerprint density at radius 2 is 2.08 bits per heavy atom. The standard InChI is InChI=1S/C20H17NO2S/c1-2-13-10-11-14(12-16(13)15-6-5-8-18(15)22)23-20-21-17-7-3-4-9-19(17)24-20/h3-4,6-7,9-12H,2,5,8H2,1H3. The minimum absolute atomic E-state index is 0.224. The van der Waals surface area contributed by atoms with E-state index in [0.717, 1.165) is 39.9 Å². The highest BCUT2D eigenvalue weighted by Gasteiger charge is 2.20. The van der Waals surface area contributed by atoms with Crippen molar-refractivity contribution in [1.29, 1.82) is 0 Å². The average molecular weight is 335 g/mol. The number of hydrogen-bond donors (Lipinski definition) is 0. The maximum atomic E-state index is 12.1. The van der Waals surface area contributed by atoms with Gasteiger partial charge >= 0.3 is 0 Å². The number of carbonyl (C=O) groups excluding carboxylic acids is 1. The summed E-state index contributed by atoms with van der Waals surface area (Å²) in [4.78, 5) is 16.6. The van der Waals surface area contributed by atoms with Crippen LogP contribution >= 0.6 is 11.3 Å². The molecule has 4 heteroatoms. The lowest BCUT2D eigenvalue weighted by molar-refractivity contribution is -0.113. The van der Waals surface area contributed by atoms with Gasteiger partial charge in [0.2, 0.25) is 0 Å². The van der Waals surface area contributed by atoms with Crippen molar-refractivity contribution in [1.82, 2.24) is 4.98 Å². The molecule has 24 heavy (non-hydrogen) atoms. The SMILES string of the molecule is CCc1ccc(Oc2nc3ccccc3s2)cc1C1=CCCC1=O. The molecule has 2 aromatic carbocycles. The molecule has 0 unspecified atom stereocenters. The van der Waals surface area contributed by atoms with Crippen LogP contribution in [0.15, 0.2) is 48.5 Å². The summed E-state index contributed by atoms with van der Waals surface area (Å²) in [6.07, 6.45) is 4.38. The number of nitrogens with zero attached hydrogens (tertiary/aromatic N) is 1. The number of Topliss-reactive ketones (excluding diaryl/α,β-unsaturated/α-hetero) is 1. The van der Waals surface area contributed by atoms with Crippen LogP contribution in [0.2, 0.25) is 0 Å². The van der Waals surface area contributed by atoms with Gasteiger partial charge in [-0.05, 0) is 48.2 Å². The van der Waals surface area contributed by atoms with Crippen LogP contribution < -0.4 is 4.74 Å². The van der Waals surface area contributed by atoms with Crippen LogP contribution in [-0.4, -0.2) is 10.8 Å². The Morgan fingerprint density at radius 1 is 1.21 bits per heavy atom. The van der Waals surface area contributed by atoms with Gasteiger partial charge in [0, 0.05) is 12.0 Å². The molecule has 3 aromatic rings. The molecule has 0 saturated carbocycles. The number of thiazole rings is 1. The van der Waals surface area contributed by atoms with E-state index >= 15 is 0 Å². The van der Waals surface area contributed by atoms with Crippen molar-refractivity contribution >= 4 is 32.9 Å². The lowest BCUT2D eigenvalue weighted by Crippen LogP contribution is -1.99. The summed E-state index contributed by atoms with van der Waals surface area (Å²) in [7, 11) is 0. The molecule has 3 nitrogen and oxygen atoms in total. The molecule has 1 heterocycles. The van der Waals surface area contributed by atoms with Gasteiger partial charge in [-0.3, -0.25) is 4.79 Å². The monoisotopic (exact) mass is 335 g/mol. The normalized spacial score (nSPS) is 14.2. The molecule has 120 valence electrons. The molecular formula is C20H17NO2S. The molecule has 0 bridgehead atoms. The summed E-state index contributed by atoms with van der Waals surface area (Å²) in [6.45, 7) is 2.10. The van der Waals surface area contributed by atoms with Crippen molar-refractivity contribution in [3.05, 3.63) is 59.7 Å². The van der Waals surface area contributed by atoms with E-state index in [1.54, 1.807) is 0 Å². The van der Waals surface area contributed by atoms with Crippen LogP contribution in [0.25, 0.3) is 15.8 Å². The quantitative estimate of drug-likeness (QED) is 0.641. The van der Waals surface area contributed by atoms with Crippen LogP contribution in [0.1, 0.15) is 30.9 Å². The van der Waals surface area contributed by atoms with Crippen molar-refractivity contribution in [3.63, 3.8) is 0 Å². The zero-order valence-electron chi connectivity index (χ0n) is 13.4. The molecule has 1 aromatic heterocycles. The molecule has 0 spiro atoms. The Kier molecular flexibility index (Phi) is 3.90. The highest BCUT2D eigenvalue weighted by molar-refractivity contribution is 7.20. The third-order valence-electron chi connectivity index (χ3n) is 4.25. The minimum atomic E-state index is 0.224. The van der Waals surface area contributed by atoms with Crippen molar-refractivity contribution in [2.75, 3.05) is 0 Å². The summed E-state index contributed by atoms with van der Waals surface area (Å²) in [5.74, 6) is 0.948. The number of allylic oxidation sites excluding steroid dienone is 2. The van der Waals surface area contributed by atoms with E-state index in [1.165, 1.54) is 16.9 Å². The number of carbonyl (C=O) groups is 1. The van der Waals surface area contributed by atoms with Gasteiger partial charge < -0.3 is 4.74 Å². The molecule has 0 radical (unpaired) electrons. The first-order valence-corrected chi connectivity index (χ1v) is 8.96. The van der Waals surface area contributed by atoms with Crippen molar-refractivity contribution in [2.45, 2.75) is 26.2 Å². The molecule has 1 aliphatic rings. The van der Waals surface area contributed by atoms with Gasteiger partial charge in [-0.15, -0.1) is 0 Å². The van der Waals surface area contributed by atoms with E-state index in [9.17, 15) is 4.79 Å². The van der Waals surface area contributed by atoms with Crippen molar-refractivity contribution < 1.29 is 9.53 Å². The number of ketones is 1. The predicted octanol–water partition coefficient (Wildman–Crippen LogP) is 5.40. The van der Waals surface area contributed by atoms with E-state index in [-0.39, 0.29) is 5.78 Å². The van der Waals surface area contributed by atoms with Crippen LogP contribution in [0.5, 0.6) is 10.9 Å². The van der Waals surface area contributed by atoms with Gasteiger partial charge in [-0.2, -0.15) is 0 Å². The molecule has 4 rings (SSSR count). The van der Waals surface area contributed by atoms with Crippen LogP contribution in [-0.2, 0) is 11.2 Å². The lowest BCUT2D eigenvalue weighted by atomic mass is 9.96. The van der Waals surface area contributed by atoms with E-state index in [0.29, 0.717) is 11.6 Å². The van der Waals surface area contributed by atoms with Gasteiger partial charge in [0.25, 0.3) is 5.19 Å². The van der Waals surface area contributed by atoms with E-state index < -0.39 is 0 Å². The van der Waals surface area contributed by atoms with Crippen molar-refractivity contribution in [2.24, 2.45) is 0 Å². The topological polar surface area (TPSA) is 39.2 Å². The maximum absolute atomic E-state index is 12.1. The van der Waals surface area contributed by atoms with Gasteiger partial charge in [0.15, 0.2) is 5.78 Å². The van der Waals surface area contributed by atoms with Gasteiger partial charge in [-0.1, -0.05) is 42.5 Å². The Balaban J connectivity index is 1.69. The van der Waals surface area contributed by atoms with Gasteiger partial charge in [0.1, 0.15) is 5.75 Å². The number of benzene rings is 2. The van der Waals surface area contributed by atoms with Crippen LogP contribution in [0, 0.1) is 0 Å². The zero-order valence-corrected chi connectivity index (χ0v) is 14.2. The van der Waals surface area contributed by atoms with E-state index in [4.69, 9.17) is 4.74 Å². The number of hydrogen-bond acceptors (Lipinski definition) is 4. The molecule has 0 saturated heterocycles. The lowest BCUT2D eigenvalue weighted by Gasteiger charge is -2.11. The van der Waals surface area contributed by atoms with Gasteiger partial charge in [0.05, 0.1) is 10.2 Å². The third-order valence-corrected chi connectivity index (χ3v) is 5.17. The summed E-state index contributed by atoms with van der Waals surface area (Å²) in [5, 5.41) is 0.623. The second kappa shape index (κ2) is 6.21. The summed E-state index contributed by atoms with van der Waals surface area (Å²) in [6, 6.07) is 14.0. The highest BCUT2D eigenvalue weighted by atomic mass is 32.1. The van der Waals surface area contributed by atoms with Gasteiger partial charge in [-0.25, -0.2) is 4.98 Å². The summed E-state index contributed by atoms with van der Waals surface area (Å²) >= 11 is 1.53. The molecule has 0 amide bonds. The summed E-state index contributed by atoms with van der Waals surface area (Å²) < 4.78 is 7.07. The summed E-state index contributed by atoms with van der Waals surface area (Å²) in [5.41, 5.74) is 3.95. The second-order valence-corrected chi connectivity index (χ2v) is 6.79. The largest absolute Gasteiger partial charge is 0.431 e. The number of fused-ring (bicyclic) bond motifs is 1. The van der Waals surface area contributed by atoms with E-state index in [1.807, 2.05) is 48.5 Å². The molecular weight excluding hydrogens is 318 g/mol. The Hall–Kier alpha value is -2.46. The second-order valence-electron chi connectivity index (χ2n) is 5.80. The van der Waals surface area contributed by atoms with E-state index in [2.05, 4.69) is 11.9 Å². The first kappa shape index (κ1) is 15.1. The highest BCUT2D eigenvalue weighted by Crippen LogP contribution is 2.34. The molecule has 0 atom stereocenters. The minimum Gasteiger partial charge on any atom is -0.431 e. The number of para-hydroxylation sites is 1. The average Bonchev–Trinajstić information content (AvgIpc) is 3.20. The molecule has 0 aliphatic heterocycles. The molecule has 0 fully saturated rings. The Labute approximate surface area is 144 Å². The number of rotatable bonds is 4. The fourth-order valence-corrected chi connectivity index (χ4v) is 3.86. The smallest absolute Gasteiger partial charge is 0.279 e. The maximum Gasteiger partial charge on any atom is 0.279 e. The van der Waals surface area contributed by atoms with Crippen LogP contribution in [0.4, 0.5) is 0 Å². The van der Waals surface area contributed by atoms with Crippen molar-refractivity contribution in [3.8, 4) is 10.9 Å². The molecule has 1 aliphatic carbocycles. The zero-order chi connectivity index (χ0) is 16.5.